The summed E-state index contributed by atoms with van der Waals surface area (Å²) in [6.07, 6.45) is 4.20. The first kappa shape index (κ1) is 9.44. The molecule has 2 atom stereocenters. The highest BCUT2D eigenvalue weighted by atomic mass is 16.2. The first-order chi connectivity index (χ1) is 6.63. The monoisotopic (exact) mass is 193 g/mol. The van der Waals surface area contributed by atoms with Gasteiger partial charge < -0.3 is 0 Å². The second kappa shape index (κ2) is 3.23. The van der Waals surface area contributed by atoms with Gasteiger partial charge in [0.15, 0.2) is 0 Å². The molecule has 0 N–H and O–H groups in total. The minimum absolute atomic E-state index is 0.0164. The number of carbonyl (C=O) groups is 2. The van der Waals surface area contributed by atoms with Crippen molar-refractivity contribution in [3.8, 4) is 0 Å². The SMILES string of the molecule is C=C(C)C(=O)N1C(=O)C2CCCCC21. The van der Waals surface area contributed by atoms with Crippen LogP contribution in [0.3, 0.4) is 0 Å². The van der Waals surface area contributed by atoms with Crippen LogP contribution >= 0.6 is 0 Å². The van der Waals surface area contributed by atoms with E-state index >= 15 is 0 Å². The molecule has 1 aliphatic carbocycles. The summed E-state index contributed by atoms with van der Waals surface area (Å²) < 4.78 is 0. The van der Waals surface area contributed by atoms with Gasteiger partial charge >= 0.3 is 0 Å². The van der Waals surface area contributed by atoms with Crippen molar-refractivity contribution < 1.29 is 9.59 Å². The number of hydrogen-bond donors (Lipinski definition) is 0. The second-order valence-electron chi connectivity index (χ2n) is 4.25. The Hall–Kier alpha value is -1.12. The van der Waals surface area contributed by atoms with Crippen molar-refractivity contribution in [2.45, 2.75) is 38.6 Å². The van der Waals surface area contributed by atoms with E-state index in [4.69, 9.17) is 0 Å². The van der Waals surface area contributed by atoms with Crippen molar-refractivity contribution >= 4 is 11.8 Å². The summed E-state index contributed by atoms with van der Waals surface area (Å²) in [5.41, 5.74) is 0.461. The predicted octanol–water partition coefficient (Wildman–Crippen LogP) is 1.49. The van der Waals surface area contributed by atoms with E-state index in [0.717, 1.165) is 25.7 Å². The molecule has 1 heterocycles. The molecular formula is C11H15NO2. The van der Waals surface area contributed by atoms with Crippen molar-refractivity contribution in [1.29, 1.82) is 0 Å². The fourth-order valence-electron chi connectivity index (χ4n) is 2.42. The molecule has 0 radical (unpaired) electrons. The molecular weight excluding hydrogens is 178 g/mol. The second-order valence-corrected chi connectivity index (χ2v) is 4.25. The Balaban J connectivity index is 2.11. The molecule has 0 spiro atoms. The molecule has 2 aliphatic rings. The standard InChI is InChI=1S/C11H15NO2/c1-7(2)10(13)12-9-6-4-3-5-8(9)11(12)14/h8-9H,1,3-6H2,2H3. The molecule has 0 aromatic heterocycles. The van der Waals surface area contributed by atoms with E-state index in [2.05, 4.69) is 6.58 Å². The topological polar surface area (TPSA) is 37.4 Å². The van der Waals surface area contributed by atoms with Crippen LogP contribution in [0.15, 0.2) is 12.2 Å². The smallest absolute Gasteiger partial charge is 0.255 e. The van der Waals surface area contributed by atoms with E-state index < -0.39 is 0 Å². The molecule has 1 saturated heterocycles. The van der Waals surface area contributed by atoms with Gasteiger partial charge in [-0.2, -0.15) is 0 Å². The average Bonchev–Trinajstić information content (AvgIpc) is 2.17. The van der Waals surface area contributed by atoms with E-state index in [0.29, 0.717) is 5.57 Å². The van der Waals surface area contributed by atoms with Gasteiger partial charge in [-0.3, -0.25) is 14.5 Å². The largest absolute Gasteiger partial charge is 0.275 e. The molecule has 3 heteroatoms. The number of β-lactam (4-membered cyclic amide) rings is 1. The zero-order valence-corrected chi connectivity index (χ0v) is 8.45. The minimum Gasteiger partial charge on any atom is -0.275 e. The van der Waals surface area contributed by atoms with Gasteiger partial charge in [0, 0.05) is 5.57 Å². The molecule has 76 valence electrons. The summed E-state index contributed by atoms with van der Waals surface area (Å²) in [6.45, 7) is 5.25. The number of nitrogens with zero attached hydrogens (tertiary/aromatic N) is 1. The number of amides is 2. The van der Waals surface area contributed by atoms with Crippen LogP contribution in [0.5, 0.6) is 0 Å². The van der Waals surface area contributed by atoms with E-state index in [1.54, 1.807) is 6.92 Å². The van der Waals surface area contributed by atoms with Crippen LogP contribution in [0.1, 0.15) is 32.6 Å². The molecule has 2 amide bonds. The fourth-order valence-corrected chi connectivity index (χ4v) is 2.42. The maximum Gasteiger partial charge on any atom is 0.255 e. The number of carbonyl (C=O) groups excluding carboxylic acids is 2. The summed E-state index contributed by atoms with van der Waals surface area (Å²) in [7, 11) is 0. The molecule has 0 bridgehead atoms. The number of hydrogen-bond acceptors (Lipinski definition) is 2. The van der Waals surface area contributed by atoms with E-state index in [9.17, 15) is 9.59 Å². The molecule has 2 unspecified atom stereocenters. The Bertz CT molecular complexity index is 308. The van der Waals surface area contributed by atoms with Crippen LogP contribution in [0, 0.1) is 5.92 Å². The quantitative estimate of drug-likeness (QED) is 0.467. The summed E-state index contributed by atoms with van der Waals surface area (Å²) >= 11 is 0. The Morgan fingerprint density at radius 2 is 2.07 bits per heavy atom. The molecule has 2 rings (SSSR count). The maximum atomic E-state index is 11.6. The Kier molecular flexibility index (Phi) is 2.17. The van der Waals surface area contributed by atoms with E-state index in [-0.39, 0.29) is 23.8 Å². The van der Waals surface area contributed by atoms with Gasteiger partial charge in [-0.15, -0.1) is 0 Å². The highest BCUT2D eigenvalue weighted by Crippen LogP contribution is 2.38. The van der Waals surface area contributed by atoms with Gasteiger partial charge in [0.1, 0.15) is 0 Å². The summed E-state index contributed by atoms with van der Waals surface area (Å²) in [6, 6.07) is 0.181. The first-order valence-electron chi connectivity index (χ1n) is 5.16. The van der Waals surface area contributed by atoms with E-state index in [1.165, 1.54) is 4.90 Å². The van der Waals surface area contributed by atoms with Crippen molar-refractivity contribution in [2.75, 3.05) is 0 Å². The average molecular weight is 193 g/mol. The number of rotatable bonds is 1. The number of fused-ring (bicyclic) bond motifs is 1. The molecule has 0 aromatic rings. The Morgan fingerprint density at radius 3 is 2.71 bits per heavy atom. The third-order valence-corrected chi connectivity index (χ3v) is 3.20. The summed E-state index contributed by atoms with van der Waals surface area (Å²) in [4.78, 5) is 24.6. The van der Waals surface area contributed by atoms with Crippen LogP contribution in [-0.4, -0.2) is 22.8 Å². The summed E-state index contributed by atoms with van der Waals surface area (Å²) in [5, 5.41) is 0. The van der Waals surface area contributed by atoms with Gasteiger partial charge in [0.2, 0.25) is 5.91 Å². The lowest BCUT2D eigenvalue weighted by molar-refractivity contribution is -0.167. The molecule has 3 nitrogen and oxygen atoms in total. The molecule has 14 heavy (non-hydrogen) atoms. The van der Waals surface area contributed by atoms with Crippen LogP contribution in [0.25, 0.3) is 0 Å². The lowest BCUT2D eigenvalue weighted by Gasteiger charge is -2.48. The highest BCUT2D eigenvalue weighted by Gasteiger charge is 2.50. The van der Waals surface area contributed by atoms with Crippen molar-refractivity contribution in [1.82, 2.24) is 4.90 Å². The zero-order chi connectivity index (χ0) is 10.3. The van der Waals surface area contributed by atoms with Gasteiger partial charge in [0.25, 0.3) is 5.91 Å². The molecule has 0 aromatic carbocycles. The normalized spacial score (nSPS) is 30.6. The van der Waals surface area contributed by atoms with Crippen molar-refractivity contribution in [3.63, 3.8) is 0 Å². The van der Waals surface area contributed by atoms with Crippen molar-refractivity contribution in [2.24, 2.45) is 5.92 Å². The van der Waals surface area contributed by atoms with Gasteiger partial charge in [-0.05, 0) is 19.8 Å². The predicted molar refractivity (Wildman–Crippen MR) is 52.4 cm³/mol. The van der Waals surface area contributed by atoms with Crippen LogP contribution < -0.4 is 0 Å². The van der Waals surface area contributed by atoms with Gasteiger partial charge in [-0.1, -0.05) is 19.4 Å². The first-order valence-corrected chi connectivity index (χ1v) is 5.16. The zero-order valence-electron chi connectivity index (χ0n) is 8.45. The Morgan fingerprint density at radius 1 is 1.43 bits per heavy atom. The van der Waals surface area contributed by atoms with Crippen LogP contribution in [0.4, 0.5) is 0 Å². The van der Waals surface area contributed by atoms with E-state index in [1.807, 2.05) is 0 Å². The molecule has 2 fully saturated rings. The third-order valence-electron chi connectivity index (χ3n) is 3.20. The molecule has 1 aliphatic heterocycles. The lowest BCUT2D eigenvalue weighted by atomic mass is 9.76. The third kappa shape index (κ3) is 1.19. The van der Waals surface area contributed by atoms with Crippen LogP contribution in [0.2, 0.25) is 0 Å². The Labute approximate surface area is 83.8 Å². The van der Waals surface area contributed by atoms with Gasteiger partial charge in [0.05, 0.1) is 12.0 Å². The highest BCUT2D eigenvalue weighted by molar-refractivity contribution is 6.08. The summed E-state index contributed by atoms with van der Waals surface area (Å²) in [5.74, 6) is -0.0344. The number of imide groups is 1. The fraction of sp³-hybridized carbons (Fsp3) is 0.636. The minimum atomic E-state index is -0.182. The maximum absolute atomic E-state index is 11.6. The number of likely N-dealkylation sites (tertiary alicyclic amines) is 1. The molecule has 1 saturated carbocycles. The lowest BCUT2D eigenvalue weighted by Crippen LogP contribution is -2.64. The van der Waals surface area contributed by atoms with Gasteiger partial charge in [-0.25, -0.2) is 0 Å². The van der Waals surface area contributed by atoms with Crippen LogP contribution in [-0.2, 0) is 9.59 Å². The van der Waals surface area contributed by atoms with Crippen molar-refractivity contribution in [3.05, 3.63) is 12.2 Å².